The summed E-state index contributed by atoms with van der Waals surface area (Å²) < 4.78 is 5.69. The van der Waals surface area contributed by atoms with Gasteiger partial charge in [-0.05, 0) is 21.8 Å². The second kappa shape index (κ2) is 6.65. The van der Waals surface area contributed by atoms with Crippen molar-refractivity contribution in [1.29, 1.82) is 0 Å². The van der Waals surface area contributed by atoms with Crippen LogP contribution in [-0.2, 0) is 4.74 Å². The smallest absolute Gasteiger partial charge is 0.288 e. The Kier molecular flexibility index (Phi) is 5.49. The third kappa shape index (κ3) is 3.92. The van der Waals surface area contributed by atoms with Crippen LogP contribution in [0.2, 0.25) is 0 Å². The maximum absolute atomic E-state index is 10.6. The fourth-order valence-corrected chi connectivity index (χ4v) is 1.84. The van der Waals surface area contributed by atoms with E-state index in [1.165, 1.54) is 12.3 Å². The summed E-state index contributed by atoms with van der Waals surface area (Å²) in [5.41, 5.74) is -0.0414. The number of ether oxygens (including phenoxy) is 1. The van der Waals surface area contributed by atoms with Gasteiger partial charge in [-0.3, -0.25) is 10.1 Å². The third-order valence-corrected chi connectivity index (χ3v) is 3.12. The van der Waals surface area contributed by atoms with Crippen molar-refractivity contribution in [2.75, 3.05) is 19.0 Å². The third-order valence-electron chi connectivity index (χ3n) is 2.51. The Balaban J connectivity index is 2.86. The molecule has 0 saturated carbocycles. The number of pyridine rings is 1. The van der Waals surface area contributed by atoms with Gasteiger partial charge >= 0.3 is 0 Å². The molecular formula is C11H16BrN3O3. The molecule has 1 aromatic heterocycles. The van der Waals surface area contributed by atoms with Gasteiger partial charge in [-0.15, -0.1) is 0 Å². The van der Waals surface area contributed by atoms with Crippen molar-refractivity contribution < 1.29 is 9.66 Å². The van der Waals surface area contributed by atoms with Crippen LogP contribution < -0.4 is 5.32 Å². The molecule has 18 heavy (non-hydrogen) atoms. The molecule has 0 bridgehead atoms. The molecule has 0 saturated heterocycles. The summed E-state index contributed by atoms with van der Waals surface area (Å²) in [5.74, 6) is 0.935. The van der Waals surface area contributed by atoms with Gasteiger partial charge in [-0.2, -0.15) is 0 Å². The zero-order valence-corrected chi connectivity index (χ0v) is 12.1. The maximum atomic E-state index is 10.6. The van der Waals surface area contributed by atoms with Gasteiger partial charge in [0.15, 0.2) is 0 Å². The summed E-state index contributed by atoms with van der Waals surface area (Å²) in [5, 5.41) is 13.8. The van der Waals surface area contributed by atoms with Gasteiger partial charge in [0, 0.05) is 13.2 Å². The number of aromatic nitrogens is 1. The highest BCUT2D eigenvalue weighted by Crippen LogP contribution is 2.25. The SMILES string of the molecule is COCC(Nc1ncc([N+](=O)[O-])cc1Br)C(C)C. The van der Waals surface area contributed by atoms with Crippen LogP contribution in [0.15, 0.2) is 16.7 Å². The molecule has 7 heteroatoms. The molecule has 0 amide bonds. The first-order valence-electron chi connectivity index (χ1n) is 5.51. The fourth-order valence-electron chi connectivity index (χ4n) is 1.39. The lowest BCUT2D eigenvalue weighted by Crippen LogP contribution is -2.31. The number of nitro groups is 1. The summed E-state index contributed by atoms with van der Waals surface area (Å²) in [4.78, 5) is 14.2. The van der Waals surface area contributed by atoms with E-state index in [2.05, 4.69) is 40.1 Å². The van der Waals surface area contributed by atoms with Gasteiger partial charge in [-0.25, -0.2) is 4.98 Å². The molecule has 1 heterocycles. The number of hydrogen-bond acceptors (Lipinski definition) is 5. The Labute approximate surface area is 114 Å². The van der Waals surface area contributed by atoms with Crippen LogP contribution in [0.3, 0.4) is 0 Å². The van der Waals surface area contributed by atoms with Crippen LogP contribution in [0.1, 0.15) is 13.8 Å². The van der Waals surface area contributed by atoms with E-state index in [0.29, 0.717) is 22.8 Å². The highest BCUT2D eigenvalue weighted by atomic mass is 79.9. The summed E-state index contributed by atoms with van der Waals surface area (Å²) in [7, 11) is 1.63. The van der Waals surface area contributed by atoms with E-state index in [1.54, 1.807) is 7.11 Å². The van der Waals surface area contributed by atoms with Gasteiger partial charge in [0.05, 0.1) is 22.0 Å². The lowest BCUT2D eigenvalue weighted by atomic mass is 10.1. The lowest BCUT2D eigenvalue weighted by Gasteiger charge is -2.22. The van der Waals surface area contributed by atoms with E-state index in [4.69, 9.17) is 4.74 Å². The monoisotopic (exact) mass is 317 g/mol. The van der Waals surface area contributed by atoms with Crippen molar-refractivity contribution in [2.24, 2.45) is 5.92 Å². The van der Waals surface area contributed by atoms with E-state index in [0.717, 1.165) is 0 Å². The van der Waals surface area contributed by atoms with Crippen LogP contribution in [0.5, 0.6) is 0 Å². The zero-order chi connectivity index (χ0) is 13.7. The number of methoxy groups -OCH3 is 1. The topological polar surface area (TPSA) is 77.3 Å². The Morgan fingerprint density at radius 2 is 2.28 bits per heavy atom. The second-order valence-electron chi connectivity index (χ2n) is 4.23. The van der Waals surface area contributed by atoms with Crippen molar-refractivity contribution in [2.45, 2.75) is 19.9 Å². The molecule has 1 rings (SSSR count). The fraction of sp³-hybridized carbons (Fsp3) is 0.545. The van der Waals surface area contributed by atoms with E-state index < -0.39 is 4.92 Å². The minimum atomic E-state index is -0.476. The number of rotatable bonds is 6. The summed E-state index contributed by atoms with van der Waals surface area (Å²) >= 11 is 3.27. The average molecular weight is 318 g/mol. The van der Waals surface area contributed by atoms with Gasteiger partial charge in [0.2, 0.25) is 0 Å². The molecule has 0 radical (unpaired) electrons. The van der Waals surface area contributed by atoms with Crippen LogP contribution in [0.4, 0.5) is 11.5 Å². The van der Waals surface area contributed by atoms with Gasteiger partial charge in [-0.1, -0.05) is 13.8 Å². The molecule has 100 valence electrons. The van der Waals surface area contributed by atoms with E-state index >= 15 is 0 Å². The molecular weight excluding hydrogens is 302 g/mol. The van der Waals surface area contributed by atoms with Crippen molar-refractivity contribution in [3.63, 3.8) is 0 Å². The number of nitrogens with zero attached hydrogens (tertiary/aromatic N) is 2. The molecule has 1 atom stereocenters. The van der Waals surface area contributed by atoms with Gasteiger partial charge in [0.25, 0.3) is 5.69 Å². The Morgan fingerprint density at radius 3 is 2.72 bits per heavy atom. The predicted octanol–water partition coefficient (Wildman–Crippen LogP) is 2.84. The molecule has 1 N–H and O–H groups in total. The largest absolute Gasteiger partial charge is 0.383 e. The van der Waals surface area contributed by atoms with Crippen LogP contribution in [-0.4, -0.2) is 29.7 Å². The highest BCUT2D eigenvalue weighted by Gasteiger charge is 2.16. The van der Waals surface area contributed by atoms with Crippen molar-refractivity contribution in [3.05, 3.63) is 26.9 Å². The predicted molar refractivity (Wildman–Crippen MR) is 72.7 cm³/mol. The van der Waals surface area contributed by atoms with Crippen LogP contribution in [0.25, 0.3) is 0 Å². The summed E-state index contributed by atoms with van der Waals surface area (Å²) in [6, 6.07) is 1.53. The van der Waals surface area contributed by atoms with E-state index in [9.17, 15) is 10.1 Å². The maximum Gasteiger partial charge on any atom is 0.288 e. The number of halogens is 1. The highest BCUT2D eigenvalue weighted by molar-refractivity contribution is 9.10. The van der Waals surface area contributed by atoms with Gasteiger partial charge < -0.3 is 10.1 Å². The van der Waals surface area contributed by atoms with Crippen molar-refractivity contribution in [1.82, 2.24) is 4.98 Å². The molecule has 0 aliphatic carbocycles. The number of anilines is 1. The summed E-state index contributed by atoms with van der Waals surface area (Å²) in [6.07, 6.45) is 1.23. The van der Waals surface area contributed by atoms with E-state index in [1.807, 2.05) is 0 Å². The Morgan fingerprint density at radius 1 is 1.61 bits per heavy atom. The first-order chi connectivity index (χ1) is 8.45. The van der Waals surface area contributed by atoms with Crippen molar-refractivity contribution >= 4 is 27.4 Å². The quantitative estimate of drug-likeness (QED) is 0.644. The summed E-state index contributed by atoms with van der Waals surface area (Å²) in [6.45, 7) is 4.68. The molecule has 0 aliphatic rings. The minimum absolute atomic E-state index is 0.0414. The van der Waals surface area contributed by atoms with Gasteiger partial charge in [0.1, 0.15) is 12.0 Å². The zero-order valence-electron chi connectivity index (χ0n) is 10.5. The second-order valence-corrected chi connectivity index (χ2v) is 5.09. The molecule has 0 aliphatic heterocycles. The molecule has 0 aromatic carbocycles. The molecule has 0 fully saturated rings. The molecule has 0 spiro atoms. The Bertz CT molecular complexity index is 426. The minimum Gasteiger partial charge on any atom is -0.383 e. The number of hydrogen-bond donors (Lipinski definition) is 1. The standard InChI is InChI=1S/C11H16BrN3O3/c1-7(2)10(6-18-3)14-11-9(12)4-8(5-13-11)15(16)17/h4-5,7,10H,6H2,1-3H3,(H,13,14). The van der Waals surface area contributed by atoms with E-state index in [-0.39, 0.29) is 11.7 Å². The molecule has 1 unspecified atom stereocenters. The first kappa shape index (κ1) is 14.8. The van der Waals surface area contributed by atoms with Crippen molar-refractivity contribution in [3.8, 4) is 0 Å². The first-order valence-corrected chi connectivity index (χ1v) is 6.30. The molecule has 6 nitrogen and oxygen atoms in total. The van der Waals surface area contributed by atoms with Crippen LogP contribution in [0, 0.1) is 16.0 Å². The number of nitrogens with one attached hydrogen (secondary N) is 1. The Hall–Kier alpha value is -1.21. The van der Waals surface area contributed by atoms with Crippen LogP contribution >= 0.6 is 15.9 Å². The normalized spacial score (nSPS) is 12.5. The molecule has 1 aromatic rings. The average Bonchev–Trinajstić information content (AvgIpc) is 2.30. The lowest BCUT2D eigenvalue weighted by molar-refractivity contribution is -0.385.